The number of azo groups is 1. The number of nitrogens with zero attached hydrogens (tertiary/aromatic N) is 2. The normalized spacial score (nSPS) is 13.1. The minimum Gasteiger partial charge on any atom is -0.183 e. The molecule has 0 aliphatic rings. The van der Waals surface area contributed by atoms with Gasteiger partial charge in [-0.05, 0) is 41.5 Å². The second kappa shape index (κ2) is 8.77. The molecule has 0 aromatic rings. The topological polar surface area (TPSA) is 24.7 Å². The summed E-state index contributed by atoms with van der Waals surface area (Å²) in [4.78, 5) is 0. The minimum absolute atomic E-state index is 0. The molecule has 0 aliphatic carbocycles. The van der Waals surface area contributed by atoms with E-state index >= 15 is 0 Å². The van der Waals surface area contributed by atoms with Gasteiger partial charge in [-0.1, -0.05) is 24.3 Å². The Kier molecular flexibility index (Phi) is 11.5. The molecule has 0 unspecified atom stereocenters. The highest BCUT2D eigenvalue weighted by atomic mass is 35.5. The van der Waals surface area contributed by atoms with E-state index in [1.54, 1.807) is 0 Å². The van der Waals surface area contributed by atoms with Gasteiger partial charge in [0.05, 0.1) is 11.1 Å². The molecule has 16 heavy (non-hydrogen) atoms. The summed E-state index contributed by atoms with van der Waals surface area (Å²) < 4.78 is 0. The third-order valence-corrected chi connectivity index (χ3v) is 1.71. The van der Waals surface area contributed by atoms with Crippen molar-refractivity contribution in [3.8, 4) is 0 Å². The predicted molar refractivity (Wildman–Crippen MR) is 77.1 cm³/mol. The van der Waals surface area contributed by atoms with Crippen LogP contribution in [0.2, 0.25) is 0 Å². The van der Waals surface area contributed by atoms with Crippen molar-refractivity contribution in [3.63, 3.8) is 0 Å². The molecule has 0 heterocycles. The van der Waals surface area contributed by atoms with Crippen molar-refractivity contribution in [2.45, 2.75) is 52.6 Å². The smallest absolute Gasteiger partial charge is 0.0939 e. The standard InChI is InChI=1S/C12H22N2.2ClH/c1-7-9-11(3,4)13-14-12(5,6)10-8-2;;/h7-10H,1-6H3;2*1H. The molecule has 0 saturated carbocycles. The fraction of sp³-hybridized carbons (Fsp3) is 0.667. The molecule has 0 fully saturated rings. The maximum absolute atomic E-state index is 4.32. The zero-order valence-corrected chi connectivity index (χ0v) is 12.7. The number of allylic oxidation sites excluding steroid dienone is 2. The number of hydrogen-bond acceptors (Lipinski definition) is 2. The van der Waals surface area contributed by atoms with Crippen LogP contribution in [0.5, 0.6) is 0 Å². The second-order valence-corrected chi connectivity index (χ2v) is 4.51. The number of rotatable bonds is 4. The second-order valence-electron chi connectivity index (χ2n) is 4.51. The first kappa shape index (κ1) is 21.0. The summed E-state index contributed by atoms with van der Waals surface area (Å²) in [6.45, 7) is 12.2. The molecule has 0 saturated heterocycles. The summed E-state index contributed by atoms with van der Waals surface area (Å²) in [6.07, 6.45) is 8.09. The lowest BCUT2D eigenvalue weighted by Crippen LogP contribution is -2.16. The molecule has 4 heteroatoms. The van der Waals surface area contributed by atoms with Crippen LogP contribution in [-0.2, 0) is 0 Å². The Morgan fingerprint density at radius 3 is 1.12 bits per heavy atom. The molecule has 96 valence electrons. The average molecular weight is 267 g/mol. The molecule has 0 aromatic heterocycles. The van der Waals surface area contributed by atoms with Crippen molar-refractivity contribution in [1.82, 2.24) is 0 Å². The first-order chi connectivity index (χ1) is 6.33. The van der Waals surface area contributed by atoms with E-state index in [1.165, 1.54) is 0 Å². The van der Waals surface area contributed by atoms with Crippen molar-refractivity contribution < 1.29 is 0 Å². The fourth-order valence-corrected chi connectivity index (χ4v) is 1.14. The third kappa shape index (κ3) is 10.2. The van der Waals surface area contributed by atoms with E-state index in [0.29, 0.717) is 0 Å². The van der Waals surface area contributed by atoms with E-state index in [-0.39, 0.29) is 35.9 Å². The van der Waals surface area contributed by atoms with Gasteiger partial charge in [-0.3, -0.25) is 0 Å². The highest BCUT2D eigenvalue weighted by molar-refractivity contribution is 5.85. The Labute approximate surface area is 112 Å². The van der Waals surface area contributed by atoms with Crippen LogP contribution < -0.4 is 0 Å². The number of hydrogen-bond donors (Lipinski definition) is 0. The van der Waals surface area contributed by atoms with Gasteiger partial charge in [-0.2, -0.15) is 10.2 Å². The van der Waals surface area contributed by atoms with Crippen molar-refractivity contribution in [2.24, 2.45) is 10.2 Å². The molecular formula is C12H24Cl2N2. The van der Waals surface area contributed by atoms with E-state index in [9.17, 15) is 0 Å². The van der Waals surface area contributed by atoms with E-state index in [2.05, 4.69) is 10.2 Å². The SMILES string of the molecule is CC=CC(C)(C)N=NC(C)(C)C=CC.Cl.Cl. The molecular weight excluding hydrogens is 243 g/mol. The van der Waals surface area contributed by atoms with Gasteiger partial charge in [0.25, 0.3) is 0 Å². The van der Waals surface area contributed by atoms with Gasteiger partial charge >= 0.3 is 0 Å². The molecule has 0 rings (SSSR count). The van der Waals surface area contributed by atoms with Crippen LogP contribution in [0.1, 0.15) is 41.5 Å². The van der Waals surface area contributed by atoms with Crippen LogP contribution >= 0.6 is 24.8 Å². The van der Waals surface area contributed by atoms with Gasteiger partial charge in [-0.25, -0.2) is 0 Å². The van der Waals surface area contributed by atoms with E-state index in [0.717, 1.165) is 0 Å². The monoisotopic (exact) mass is 266 g/mol. The van der Waals surface area contributed by atoms with Crippen LogP contribution in [-0.4, -0.2) is 11.1 Å². The molecule has 0 aliphatic heterocycles. The van der Waals surface area contributed by atoms with Gasteiger partial charge in [0.1, 0.15) is 0 Å². The molecule has 2 nitrogen and oxygen atoms in total. The van der Waals surface area contributed by atoms with Crippen molar-refractivity contribution in [1.29, 1.82) is 0 Å². The van der Waals surface area contributed by atoms with Gasteiger partial charge < -0.3 is 0 Å². The molecule has 0 atom stereocenters. The fourth-order valence-electron chi connectivity index (χ4n) is 1.14. The van der Waals surface area contributed by atoms with Crippen LogP contribution in [0.15, 0.2) is 34.5 Å². The van der Waals surface area contributed by atoms with Crippen molar-refractivity contribution >= 4 is 24.8 Å². The zero-order chi connectivity index (χ0) is 11.2. The Hall–Kier alpha value is -0.340. The van der Waals surface area contributed by atoms with E-state index in [1.807, 2.05) is 65.8 Å². The van der Waals surface area contributed by atoms with Crippen molar-refractivity contribution in [3.05, 3.63) is 24.3 Å². The largest absolute Gasteiger partial charge is 0.183 e. The lowest BCUT2D eigenvalue weighted by Gasteiger charge is -2.17. The molecule has 0 amide bonds. The summed E-state index contributed by atoms with van der Waals surface area (Å²) >= 11 is 0. The summed E-state index contributed by atoms with van der Waals surface area (Å²) in [6, 6.07) is 0. The Morgan fingerprint density at radius 2 is 0.938 bits per heavy atom. The molecule has 0 aromatic carbocycles. The lowest BCUT2D eigenvalue weighted by molar-refractivity contribution is 0.526. The minimum atomic E-state index is -0.201. The highest BCUT2D eigenvalue weighted by Gasteiger charge is 2.15. The Bertz CT molecular complexity index is 228. The maximum Gasteiger partial charge on any atom is 0.0939 e. The lowest BCUT2D eigenvalue weighted by atomic mass is 10.1. The predicted octanol–water partition coefficient (Wildman–Crippen LogP) is 4.99. The number of halogens is 2. The summed E-state index contributed by atoms with van der Waals surface area (Å²) in [5.41, 5.74) is -0.402. The van der Waals surface area contributed by atoms with E-state index < -0.39 is 0 Å². The first-order valence-electron chi connectivity index (χ1n) is 5.05. The van der Waals surface area contributed by atoms with Crippen molar-refractivity contribution in [2.75, 3.05) is 0 Å². The van der Waals surface area contributed by atoms with Gasteiger partial charge in [0.15, 0.2) is 0 Å². The first-order valence-corrected chi connectivity index (χ1v) is 5.05. The summed E-state index contributed by atoms with van der Waals surface area (Å²) in [5, 5.41) is 8.65. The molecule has 0 radical (unpaired) electrons. The molecule has 0 N–H and O–H groups in total. The zero-order valence-electron chi connectivity index (χ0n) is 11.0. The van der Waals surface area contributed by atoms with Crippen LogP contribution in [0.25, 0.3) is 0 Å². The van der Waals surface area contributed by atoms with Crippen LogP contribution in [0.3, 0.4) is 0 Å². The van der Waals surface area contributed by atoms with Crippen LogP contribution in [0, 0.1) is 0 Å². The quantitative estimate of drug-likeness (QED) is 0.506. The summed E-state index contributed by atoms with van der Waals surface area (Å²) in [7, 11) is 0. The Morgan fingerprint density at radius 1 is 0.688 bits per heavy atom. The van der Waals surface area contributed by atoms with Gasteiger partial charge in [0, 0.05) is 0 Å². The third-order valence-electron chi connectivity index (χ3n) is 1.71. The van der Waals surface area contributed by atoms with E-state index in [4.69, 9.17) is 0 Å². The van der Waals surface area contributed by atoms with Crippen LogP contribution in [0.4, 0.5) is 0 Å². The average Bonchev–Trinajstić information content (AvgIpc) is 2.01. The van der Waals surface area contributed by atoms with Gasteiger partial charge in [0.2, 0.25) is 0 Å². The summed E-state index contributed by atoms with van der Waals surface area (Å²) in [5.74, 6) is 0. The molecule has 0 spiro atoms. The molecule has 0 bridgehead atoms. The maximum atomic E-state index is 4.32. The van der Waals surface area contributed by atoms with Gasteiger partial charge in [-0.15, -0.1) is 24.8 Å². The highest BCUT2D eigenvalue weighted by Crippen LogP contribution is 2.17. The Balaban J connectivity index is -0.000000845.